The first kappa shape index (κ1) is 12.0. The Bertz CT molecular complexity index is 746. The fourth-order valence-corrected chi connectivity index (χ4v) is 3.90. The van der Waals surface area contributed by atoms with Crippen LogP contribution in [0.1, 0.15) is 17.5 Å². The van der Waals surface area contributed by atoms with Crippen molar-refractivity contribution in [2.24, 2.45) is 0 Å². The first-order valence-electron chi connectivity index (χ1n) is 7.07. The van der Waals surface area contributed by atoms with Crippen LogP contribution in [0.4, 0.5) is 0 Å². The van der Waals surface area contributed by atoms with Gasteiger partial charge in [0.15, 0.2) is 5.16 Å². The summed E-state index contributed by atoms with van der Waals surface area (Å²) in [6.45, 7) is 1.10. The molecule has 20 heavy (non-hydrogen) atoms. The Labute approximate surface area is 122 Å². The molecule has 3 aromatic rings. The molecular formula is C17H16N2S. The van der Waals surface area contributed by atoms with Crippen LogP contribution in [-0.4, -0.2) is 9.55 Å². The van der Waals surface area contributed by atoms with E-state index in [1.54, 1.807) is 0 Å². The summed E-state index contributed by atoms with van der Waals surface area (Å²) in [4.78, 5) is 4.83. The van der Waals surface area contributed by atoms with Crippen LogP contribution in [-0.2, 0) is 18.7 Å². The SMILES string of the molecule is c1ccc(CSc2nc3cccc4c3n2CCC4)cc1. The van der Waals surface area contributed by atoms with E-state index < -0.39 is 0 Å². The lowest BCUT2D eigenvalue weighted by Crippen LogP contribution is -2.08. The highest BCUT2D eigenvalue weighted by Crippen LogP contribution is 2.31. The fraction of sp³-hybridized carbons (Fsp3) is 0.235. The molecule has 0 bridgehead atoms. The molecule has 0 aliphatic carbocycles. The highest BCUT2D eigenvalue weighted by atomic mass is 32.2. The number of aryl methyl sites for hydroxylation is 2. The van der Waals surface area contributed by atoms with Crippen LogP contribution in [0, 0.1) is 0 Å². The molecule has 2 heterocycles. The molecule has 1 aliphatic heterocycles. The van der Waals surface area contributed by atoms with E-state index in [-0.39, 0.29) is 0 Å². The zero-order valence-electron chi connectivity index (χ0n) is 11.2. The maximum Gasteiger partial charge on any atom is 0.169 e. The summed E-state index contributed by atoms with van der Waals surface area (Å²) >= 11 is 1.84. The Hall–Kier alpha value is -1.74. The highest BCUT2D eigenvalue weighted by molar-refractivity contribution is 7.98. The van der Waals surface area contributed by atoms with Crippen molar-refractivity contribution in [2.75, 3.05) is 0 Å². The minimum absolute atomic E-state index is 0.986. The second-order valence-corrected chi connectivity index (χ2v) is 6.15. The van der Waals surface area contributed by atoms with Crippen LogP contribution < -0.4 is 0 Å². The quantitative estimate of drug-likeness (QED) is 0.667. The van der Waals surface area contributed by atoms with Gasteiger partial charge in [-0.25, -0.2) is 4.98 Å². The van der Waals surface area contributed by atoms with Crippen molar-refractivity contribution < 1.29 is 0 Å². The molecule has 0 unspecified atom stereocenters. The normalized spacial score (nSPS) is 13.8. The summed E-state index contributed by atoms with van der Waals surface area (Å²) in [5.74, 6) is 0.986. The average Bonchev–Trinajstić information content (AvgIpc) is 2.87. The van der Waals surface area contributed by atoms with Crippen LogP contribution >= 0.6 is 11.8 Å². The molecule has 0 N–H and O–H groups in total. The standard InChI is InChI=1S/C17H16N2S/c1-2-6-13(7-3-1)12-20-17-18-15-10-4-8-14-9-5-11-19(17)16(14)15/h1-4,6-8,10H,5,9,11-12H2. The maximum atomic E-state index is 4.83. The number of nitrogens with zero attached hydrogens (tertiary/aromatic N) is 2. The first-order valence-corrected chi connectivity index (χ1v) is 8.05. The second kappa shape index (κ2) is 4.98. The molecule has 2 nitrogen and oxygen atoms in total. The lowest BCUT2D eigenvalue weighted by atomic mass is 10.1. The minimum Gasteiger partial charge on any atom is -0.319 e. The monoisotopic (exact) mass is 280 g/mol. The summed E-state index contributed by atoms with van der Waals surface area (Å²) in [6, 6.07) is 17.1. The van der Waals surface area contributed by atoms with Gasteiger partial charge in [-0.2, -0.15) is 0 Å². The third kappa shape index (κ3) is 2.02. The molecule has 1 aliphatic rings. The van der Waals surface area contributed by atoms with Gasteiger partial charge in [0.05, 0.1) is 11.0 Å². The van der Waals surface area contributed by atoms with Gasteiger partial charge >= 0.3 is 0 Å². The van der Waals surface area contributed by atoms with E-state index in [4.69, 9.17) is 4.98 Å². The van der Waals surface area contributed by atoms with Crippen molar-refractivity contribution >= 4 is 22.8 Å². The average molecular weight is 280 g/mol. The maximum absolute atomic E-state index is 4.83. The number of benzene rings is 2. The Morgan fingerprint density at radius 3 is 2.85 bits per heavy atom. The van der Waals surface area contributed by atoms with E-state index in [1.807, 2.05) is 11.8 Å². The molecule has 3 heteroatoms. The van der Waals surface area contributed by atoms with Crippen molar-refractivity contribution in [3.63, 3.8) is 0 Å². The Balaban J connectivity index is 1.69. The van der Waals surface area contributed by atoms with Gasteiger partial charge in [-0.05, 0) is 30.0 Å². The van der Waals surface area contributed by atoms with Crippen LogP contribution in [0.15, 0.2) is 53.7 Å². The summed E-state index contributed by atoms with van der Waals surface area (Å²) in [5.41, 5.74) is 5.31. The number of hydrogen-bond donors (Lipinski definition) is 0. The van der Waals surface area contributed by atoms with E-state index in [0.717, 1.165) is 23.0 Å². The predicted molar refractivity (Wildman–Crippen MR) is 84.1 cm³/mol. The molecule has 0 saturated carbocycles. The van der Waals surface area contributed by atoms with Crippen LogP contribution in [0.5, 0.6) is 0 Å². The van der Waals surface area contributed by atoms with Gasteiger partial charge in [0.25, 0.3) is 0 Å². The molecule has 2 aromatic carbocycles. The van der Waals surface area contributed by atoms with Gasteiger partial charge in [-0.1, -0.05) is 54.2 Å². The van der Waals surface area contributed by atoms with Crippen molar-refractivity contribution in [1.82, 2.24) is 9.55 Å². The Kier molecular flexibility index (Phi) is 3.00. The third-order valence-electron chi connectivity index (χ3n) is 3.85. The largest absolute Gasteiger partial charge is 0.319 e. The number of para-hydroxylation sites is 1. The van der Waals surface area contributed by atoms with Gasteiger partial charge in [0, 0.05) is 12.3 Å². The van der Waals surface area contributed by atoms with Crippen molar-refractivity contribution in [3.8, 4) is 0 Å². The third-order valence-corrected chi connectivity index (χ3v) is 4.90. The molecule has 4 rings (SSSR count). The lowest BCUT2D eigenvalue weighted by molar-refractivity contribution is 0.588. The van der Waals surface area contributed by atoms with Gasteiger partial charge in [-0.15, -0.1) is 0 Å². The zero-order chi connectivity index (χ0) is 13.4. The van der Waals surface area contributed by atoms with Gasteiger partial charge < -0.3 is 4.57 Å². The number of imidazole rings is 1. The highest BCUT2D eigenvalue weighted by Gasteiger charge is 2.17. The topological polar surface area (TPSA) is 17.8 Å². The van der Waals surface area contributed by atoms with E-state index in [0.29, 0.717) is 0 Å². The van der Waals surface area contributed by atoms with E-state index in [1.165, 1.54) is 29.5 Å². The van der Waals surface area contributed by atoms with E-state index in [2.05, 4.69) is 53.1 Å². The first-order chi connectivity index (χ1) is 9.92. The van der Waals surface area contributed by atoms with Crippen molar-refractivity contribution in [2.45, 2.75) is 30.3 Å². The number of thioether (sulfide) groups is 1. The molecule has 0 amide bonds. The van der Waals surface area contributed by atoms with Gasteiger partial charge in [0.1, 0.15) is 0 Å². The summed E-state index contributed by atoms with van der Waals surface area (Å²) in [6.07, 6.45) is 2.41. The molecule has 0 fully saturated rings. The molecule has 0 radical (unpaired) electrons. The molecular weight excluding hydrogens is 264 g/mol. The fourth-order valence-electron chi connectivity index (χ4n) is 2.91. The molecule has 0 atom stereocenters. The van der Waals surface area contributed by atoms with E-state index >= 15 is 0 Å². The summed E-state index contributed by atoms with van der Waals surface area (Å²) in [7, 11) is 0. The Morgan fingerprint density at radius 2 is 1.95 bits per heavy atom. The van der Waals surface area contributed by atoms with Crippen LogP contribution in [0.2, 0.25) is 0 Å². The zero-order valence-corrected chi connectivity index (χ0v) is 12.1. The van der Waals surface area contributed by atoms with E-state index in [9.17, 15) is 0 Å². The summed E-state index contributed by atoms with van der Waals surface area (Å²) in [5, 5.41) is 1.16. The number of hydrogen-bond acceptors (Lipinski definition) is 2. The lowest BCUT2D eigenvalue weighted by Gasteiger charge is -2.16. The molecule has 0 spiro atoms. The van der Waals surface area contributed by atoms with Gasteiger partial charge in [0.2, 0.25) is 0 Å². The predicted octanol–water partition coefficient (Wildman–Crippen LogP) is 4.27. The number of rotatable bonds is 3. The van der Waals surface area contributed by atoms with Crippen LogP contribution in [0.3, 0.4) is 0 Å². The molecule has 0 saturated heterocycles. The Morgan fingerprint density at radius 1 is 1.05 bits per heavy atom. The summed E-state index contributed by atoms with van der Waals surface area (Å²) < 4.78 is 2.40. The van der Waals surface area contributed by atoms with Crippen molar-refractivity contribution in [1.29, 1.82) is 0 Å². The van der Waals surface area contributed by atoms with Crippen LogP contribution in [0.25, 0.3) is 11.0 Å². The second-order valence-electron chi connectivity index (χ2n) is 5.21. The van der Waals surface area contributed by atoms with Gasteiger partial charge in [-0.3, -0.25) is 0 Å². The minimum atomic E-state index is 0.986. The smallest absolute Gasteiger partial charge is 0.169 e. The molecule has 1 aromatic heterocycles. The number of aromatic nitrogens is 2. The molecule has 100 valence electrons. The van der Waals surface area contributed by atoms with Crippen molar-refractivity contribution in [3.05, 3.63) is 59.7 Å².